The van der Waals surface area contributed by atoms with Gasteiger partial charge in [0.25, 0.3) is 0 Å². The molecule has 13 unspecified atom stereocenters. The molecule has 0 radical (unpaired) electrons. The van der Waals surface area contributed by atoms with Crippen LogP contribution in [-0.4, -0.2) is 114 Å². The Morgan fingerprint density at radius 2 is 1.85 bits per heavy atom. The molecule has 1 spiro atoms. The topological polar surface area (TPSA) is 226 Å². The van der Waals surface area contributed by atoms with Crippen molar-refractivity contribution >= 4 is 33.6 Å². The lowest BCUT2D eigenvalue weighted by molar-refractivity contribution is -0.141. The number of aromatic hydroxyl groups is 2. The largest absolute Gasteiger partial charge is 0.508 e. The summed E-state index contributed by atoms with van der Waals surface area (Å²) in [6.45, 7) is 1.43. The van der Waals surface area contributed by atoms with Crippen LogP contribution >= 0.6 is 21.6 Å². The molecule has 15 nitrogen and oxygen atoms in total. The van der Waals surface area contributed by atoms with Gasteiger partial charge in [-0.2, -0.15) is 0 Å². The van der Waals surface area contributed by atoms with E-state index in [1.807, 2.05) is 33.7 Å². The quantitative estimate of drug-likeness (QED) is 0.0410. The van der Waals surface area contributed by atoms with Gasteiger partial charge in [0.2, 0.25) is 0 Å². The van der Waals surface area contributed by atoms with Crippen molar-refractivity contribution in [2.24, 2.45) is 35.3 Å². The van der Waals surface area contributed by atoms with Crippen molar-refractivity contribution < 1.29 is 54.0 Å². The SMILES string of the molecule is COCC1C(CCCO)C#CC2C#CC3=C(C=CC(N)N3)CC3CCC4(Cc5cc(O)cc(OCO)c5-c5ccc6c(c54)OC(c4c5c(c(O)c(c42)CNCC1CO)OC1CSSCC2CCCC(C2)NC1C=C5)C6COC(C)=O)C3. The Balaban J connectivity index is 1.16. The van der Waals surface area contributed by atoms with E-state index < -0.39 is 42.3 Å². The highest BCUT2D eigenvalue weighted by atomic mass is 33.1. The standard InChI is InChI=1S/C64H76N4O11S2/c1-35(72)76-31-50-45-12-13-46-56-41(23-44(73)24-53(56)77-34-71)26-64-19-18-36(25-64)21-40-11-17-55(65)68-51(40)15-10-39-9-8-38(6-4-20-69)49(30-75-2)42(29-70)27-66-28-48-57(39)58(61(50)79-62(45)59(46)64)47-14-16-52-54(78-63(47)60(48)74)33-81-80-32-37-5-3-7-43(22-37)67-52/h11-14,16-17,23-24,36-39,42-43,49-50,52,54-55,61,66-71,73-74H,3-7,18-22,25-34,65H2,1-2H3. The monoisotopic (exact) mass is 1140 g/mol. The second-order valence-electron chi connectivity index (χ2n) is 23.9. The first kappa shape index (κ1) is 56.2. The van der Waals surface area contributed by atoms with Gasteiger partial charge in [0.1, 0.15) is 42.0 Å². The van der Waals surface area contributed by atoms with E-state index >= 15 is 0 Å². The second-order valence-corrected chi connectivity index (χ2v) is 26.4. The number of fused-ring (bicyclic) bond motifs is 10. The Hall–Kier alpha value is -5.31. The number of phenolic OH excluding ortho intramolecular Hbond substituents is 2. The molecule has 2 saturated carbocycles. The zero-order chi connectivity index (χ0) is 55.9. The lowest BCUT2D eigenvalue weighted by Gasteiger charge is -2.39. The summed E-state index contributed by atoms with van der Waals surface area (Å²) in [6.07, 6.45) is 16.0. The smallest absolute Gasteiger partial charge is 0.302 e. The fraction of sp³-hybridized carbons (Fsp3) is 0.547. The number of phenols is 2. The molecule has 6 bridgehead atoms. The van der Waals surface area contributed by atoms with Crippen molar-refractivity contribution in [1.82, 2.24) is 16.0 Å². The first-order valence-electron chi connectivity index (χ1n) is 29.2. The molecule has 12 rings (SSSR count). The summed E-state index contributed by atoms with van der Waals surface area (Å²) >= 11 is 0. The van der Waals surface area contributed by atoms with Crippen LogP contribution in [0.25, 0.3) is 17.2 Å². The Labute approximate surface area is 483 Å². The van der Waals surface area contributed by atoms with Gasteiger partial charge in [-0.1, -0.05) is 76.1 Å². The van der Waals surface area contributed by atoms with Crippen LogP contribution in [0.2, 0.25) is 0 Å². The molecule has 3 aromatic rings. The fourth-order valence-corrected chi connectivity index (χ4v) is 17.8. The van der Waals surface area contributed by atoms with Crippen LogP contribution in [0.3, 0.4) is 0 Å². The molecule has 430 valence electrons. The zero-order valence-corrected chi connectivity index (χ0v) is 47.9. The molecule has 0 amide bonds. The minimum Gasteiger partial charge on any atom is -0.508 e. The van der Waals surface area contributed by atoms with Gasteiger partial charge in [0.15, 0.2) is 18.3 Å². The molecule has 9 aliphatic rings. The van der Waals surface area contributed by atoms with E-state index in [9.17, 15) is 30.3 Å². The third kappa shape index (κ3) is 11.0. The minimum absolute atomic E-state index is 0.0337. The average molecular weight is 1140 g/mol. The average Bonchev–Trinajstić information content (AvgIpc) is 4.12. The van der Waals surface area contributed by atoms with Crippen molar-refractivity contribution in [3.63, 3.8) is 0 Å². The number of hydrogen-bond donors (Lipinski definition) is 9. The predicted molar refractivity (Wildman–Crippen MR) is 314 cm³/mol. The van der Waals surface area contributed by atoms with Crippen molar-refractivity contribution in [2.45, 2.75) is 132 Å². The molecule has 3 aromatic carbocycles. The number of hydrogen-bond acceptors (Lipinski definition) is 17. The number of ether oxygens (including phenoxy) is 5. The van der Waals surface area contributed by atoms with Crippen molar-refractivity contribution in [1.29, 1.82) is 0 Å². The number of aliphatic hydroxyl groups is 3. The molecule has 1 saturated heterocycles. The summed E-state index contributed by atoms with van der Waals surface area (Å²) in [6, 6.07) is 7.65. The van der Waals surface area contributed by atoms with Gasteiger partial charge in [0.05, 0.1) is 30.4 Å². The van der Waals surface area contributed by atoms with Crippen LogP contribution in [0, 0.1) is 53.3 Å². The molecule has 3 fully saturated rings. The lowest BCUT2D eigenvalue weighted by atomic mass is 9.65. The number of esters is 1. The summed E-state index contributed by atoms with van der Waals surface area (Å²) in [5.74, 6) is 15.9. The van der Waals surface area contributed by atoms with E-state index in [1.54, 1.807) is 13.2 Å². The first-order chi connectivity index (χ1) is 39.5. The van der Waals surface area contributed by atoms with Crippen LogP contribution < -0.4 is 35.9 Å². The van der Waals surface area contributed by atoms with Gasteiger partial charge < -0.3 is 70.9 Å². The summed E-state index contributed by atoms with van der Waals surface area (Å²) in [7, 11) is 5.36. The highest BCUT2D eigenvalue weighted by molar-refractivity contribution is 8.76. The van der Waals surface area contributed by atoms with Gasteiger partial charge >= 0.3 is 5.97 Å². The van der Waals surface area contributed by atoms with Gasteiger partial charge in [-0.25, -0.2) is 0 Å². The number of dihydropyridines is 1. The normalized spacial score (nSPS) is 31.5. The van der Waals surface area contributed by atoms with Crippen molar-refractivity contribution in [3.8, 4) is 63.6 Å². The predicted octanol–water partition coefficient (Wildman–Crippen LogP) is 7.71. The maximum absolute atomic E-state index is 13.4. The molecule has 13 atom stereocenters. The highest BCUT2D eigenvalue weighted by Crippen LogP contribution is 2.64. The Morgan fingerprint density at radius 1 is 0.975 bits per heavy atom. The molecule has 3 aliphatic carbocycles. The zero-order valence-electron chi connectivity index (χ0n) is 46.3. The molecule has 6 heterocycles. The number of methoxy groups -OCH3 is 1. The van der Waals surface area contributed by atoms with Gasteiger partial charge in [-0.3, -0.25) is 4.79 Å². The molecule has 17 heteroatoms. The Bertz CT molecular complexity index is 3140. The lowest BCUT2D eigenvalue weighted by Crippen LogP contribution is -2.49. The van der Waals surface area contributed by atoms with E-state index in [-0.39, 0.29) is 73.7 Å². The summed E-state index contributed by atoms with van der Waals surface area (Å²) in [5.41, 5.74) is 14.9. The van der Waals surface area contributed by atoms with Crippen molar-refractivity contribution in [3.05, 3.63) is 92.7 Å². The minimum atomic E-state index is -0.890. The number of aliphatic hydroxyl groups excluding tert-OH is 3. The van der Waals surface area contributed by atoms with E-state index in [2.05, 4.69) is 70.0 Å². The highest BCUT2D eigenvalue weighted by Gasteiger charge is 2.52. The van der Waals surface area contributed by atoms with E-state index in [0.29, 0.717) is 102 Å². The Morgan fingerprint density at radius 3 is 2.68 bits per heavy atom. The first-order valence-corrected chi connectivity index (χ1v) is 31.7. The van der Waals surface area contributed by atoms with Crippen molar-refractivity contribution in [2.75, 3.05) is 58.4 Å². The Kier molecular flexibility index (Phi) is 16.7. The number of carbonyl (C=O) groups excluding carboxylic acids is 1. The van der Waals surface area contributed by atoms with Gasteiger partial charge in [-0.05, 0) is 116 Å². The van der Waals surface area contributed by atoms with E-state index in [0.717, 1.165) is 77.7 Å². The van der Waals surface area contributed by atoms with Crippen LogP contribution in [0.1, 0.15) is 128 Å². The molecular weight excluding hydrogens is 1060 g/mol. The molecule has 10 N–H and O–H groups in total. The van der Waals surface area contributed by atoms with Gasteiger partial charge in [0, 0.05) is 121 Å². The van der Waals surface area contributed by atoms with E-state index in [1.165, 1.54) is 13.3 Å². The number of allylic oxidation sites excluding steroid dienone is 3. The maximum Gasteiger partial charge on any atom is 0.302 e. The summed E-state index contributed by atoms with van der Waals surface area (Å²) < 4.78 is 33.2. The second kappa shape index (κ2) is 24.1. The number of rotatable bonds is 10. The van der Waals surface area contributed by atoms with Crippen LogP contribution in [0.5, 0.6) is 28.7 Å². The third-order valence-electron chi connectivity index (χ3n) is 18.8. The van der Waals surface area contributed by atoms with Crippen LogP contribution in [0.4, 0.5) is 0 Å². The van der Waals surface area contributed by atoms with E-state index in [4.69, 9.17) is 29.4 Å². The number of nitrogens with two attached hydrogens (primary N) is 1. The maximum atomic E-state index is 13.4. The number of nitrogens with one attached hydrogen (secondary N) is 3. The molecule has 0 aromatic heterocycles. The molecule has 6 aliphatic heterocycles. The molecule has 81 heavy (non-hydrogen) atoms. The number of benzene rings is 3. The third-order valence-corrected chi connectivity index (χ3v) is 21.3. The summed E-state index contributed by atoms with van der Waals surface area (Å²) in [4.78, 5) is 13.2. The summed E-state index contributed by atoms with van der Waals surface area (Å²) in [5, 5.41) is 67.6. The van der Waals surface area contributed by atoms with Gasteiger partial charge in [-0.15, -0.1) is 0 Å². The van der Waals surface area contributed by atoms with Crippen LogP contribution in [0.15, 0.2) is 53.8 Å². The van der Waals surface area contributed by atoms with Crippen LogP contribution in [-0.2, 0) is 32.6 Å². The fourth-order valence-electron chi connectivity index (χ4n) is 15.1. The molecular formula is C64H76N4O11S2. The number of carbonyl (C=O) groups is 1.